The first kappa shape index (κ1) is 13.7. The molecule has 1 aliphatic rings. The lowest BCUT2D eigenvalue weighted by molar-refractivity contribution is 0.0401. The van der Waals surface area contributed by atoms with Crippen LogP contribution in [0.3, 0.4) is 0 Å². The van der Waals surface area contributed by atoms with E-state index in [1.165, 1.54) is 6.07 Å². The van der Waals surface area contributed by atoms with E-state index < -0.39 is 0 Å². The zero-order valence-corrected chi connectivity index (χ0v) is 11.6. The summed E-state index contributed by atoms with van der Waals surface area (Å²) >= 11 is 0. The molecular weight excluding hydrogens is 243 g/mol. The third kappa shape index (κ3) is 2.68. The number of rotatable bonds is 1. The molecule has 2 aromatic rings. The van der Waals surface area contributed by atoms with Gasteiger partial charge in [-0.25, -0.2) is 4.39 Å². The van der Waals surface area contributed by atoms with E-state index in [-0.39, 0.29) is 11.9 Å². The number of aromatic nitrogens is 2. The smallest absolute Gasteiger partial charge is 0.129 e. The summed E-state index contributed by atoms with van der Waals surface area (Å²) < 4.78 is 21.3. The Morgan fingerprint density at radius 3 is 2.79 bits per heavy atom. The molecule has 1 aromatic heterocycles. The first-order valence-corrected chi connectivity index (χ1v) is 6.66. The largest absolute Gasteiger partial charge is 0.365 e. The molecule has 4 heteroatoms. The van der Waals surface area contributed by atoms with Gasteiger partial charge in [-0.15, -0.1) is 0 Å². The highest BCUT2D eigenvalue weighted by atomic mass is 19.1. The van der Waals surface area contributed by atoms with Crippen molar-refractivity contribution >= 4 is 0 Å². The highest BCUT2D eigenvalue weighted by Gasteiger charge is 2.26. The second-order valence-corrected chi connectivity index (χ2v) is 4.21. The fraction of sp³-hybridized carbons (Fsp3) is 0.400. The van der Waals surface area contributed by atoms with Crippen LogP contribution in [-0.4, -0.2) is 16.4 Å². The molecule has 19 heavy (non-hydrogen) atoms. The minimum absolute atomic E-state index is 0.232. The molecule has 1 aliphatic heterocycles. The third-order valence-corrected chi connectivity index (χ3v) is 2.98. The Hall–Kier alpha value is -1.68. The Bertz CT molecular complexity index is 551. The lowest BCUT2D eigenvalue weighted by Gasteiger charge is -2.24. The van der Waals surface area contributed by atoms with Gasteiger partial charge in [-0.1, -0.05) is 32.0 Å². The van der Waals surface area contributed by atoms with Crippen molar-refractivity contribution in [1.29, 1.82) is 0 Å². The molecule has 0 saturated carbocycles. The molecule has 0 amide bonds. The molecule has 3 rings (SSSR count). The maximum absolute atomic E-state index is 13.8. The van der Waals surface area contributed by atoms with Gasteiger partial charge in [-0.3, -0.25) is 4.68 Å². The van der Waals surface area contributed by atoms with Gasteiger partial charge in [0.1, 0.15) is 11.9 Å². The summed E-state index contributed by atoms with van der Waals surface area (Å²) in [4.78, 5) is 0. The predicted octanol–water partition coefficient (Wildman–Crippen LogP) is 3.48. The SMILES string of the molecule is CC.Cc1cc2n(n1)CCOC2c1ccccc1F. The number of aryl methyl sites for hydroxylation is 1. The van der Waals surface area contributed by atoms with Crippen LogP contribution in [0.25, 0.3) is 0 Å². The molecule has 0 aliphatic carbocycles. The number of halogens is 1. The Kier molecular flexibility index (Phi) is 4.32. The molecule has 0 radical (unpaired) electrons. The number of nitrogens with zero attached hydrogens (tertiary/aromatic N) is 2. The normalized spacial score (nSPS) is 17.4. The van der Waals surface area contributed by atoms with Crippen molar-refractivity contribution < 1.29 is 9.13 Å². The number of benzene rings is 1. The van der Waals surface area contributed by atoms with Crippen LogP contribution < -0.4 is 0 Å². The highest BCUT2D eigenvalue weighted by Crippen LogP contribution is 2.30. The van der Waals surface area contributed by atoms with Crippen molar-refractivity contribution in [3.63, 3.8) is 0 Å². The zero-order valence-electron chi connectivity index (χ0n) is 11.6. The van der Waals surface area contributed by atoms with Crippen molar-refractivity contribution in [2.75, 3.05) is 6.61 Å². The minimum Gasteiger partial charge on any atom is -0.365 e. The summed E-state index contributed by atoms with van der Waals surface area (Å²) in [5.74, 6) is -0.232. The summed E-state index contributed by atoms with van der Waals surface area (Å²) in [5.41, 5.74) is 2.44. The fourth-order valence-electron chi connectivity index (χ4n) is 2.23. The van der Waals surface area contributed by atoms with E-state index in [1.807, 2.05) is 37.6 Å². The first-order chi connectivity index (χ1) is 9.25. The van der Waals surface area contributed by atoms with Crippen molar-refractivity contribution in [3.8, 4) is 0 Å². The van der Waals surface area contributed by atoms with E-state index in [1.54, 1.807) is 12.1 Å². The van der Waals surface area contributed by atoms with Gasteiger partial charge in [0, 0.05) is 5.56 Å². The molecule has 102 valence electrons. The Balaban J connectivity index is 0.000000637. The molecule has 0 bridgehead atoms. The van der Waals surface area contributed by atoms with Crippen molar-refractivity contribution in [3.05, 3.63) is 53.1 Å². The van der Waals surface area contributed by atoms with Crippen LogP contribution in [0.4, 0.5) is 4.39 Å². The average molecular weight is 262 g/mol. The maximum atomic E-state index is 13.8. The maximum Gasteiger partial charge on any atom is 0.129 e. The fourth-order valence-corrected chi connectivity index (χ4v) is 2.23. The summed E-state index contributed by atoms with van der Waals surface area (Å²) in [5, 5.41) is 4.37. The van der Waals surface area contributed by atoms with E-state index in [0.29, 0.717) is 12.2 Å². The Labute approximate surface area is 113 Å². The van der Waals surface area contributed by atoms with Crippen LogP contribution in [0.15, 0.2) is 30.3 Å². The molecule has 3 nitrogen and oxygen atoms in total. The van der Waals surface area contributed by atoms with Gasteiger partial charge in [0.15, 0.2) is 0 Å². The molecule has 0 fully saturated rings. The number of ether oxygens (including phenoxy) is 1. The molecule has 1 aromatic carbocycles. The first-order valence-electron chi connectivity index (χ1n) is 6.66. The van der Waals surface area contributed by atoms with Gasteiger partial charge in [-0.05, 0) is 19.1 Å². The molecule has 0 saturated heterocycles. The van der Waals surface area contributed by atoms with Crippen LogP contribution in [0.1, 0.15) is 36.9 Å². The van der Waals surface area contributed by atoms with Crippen molar-refractivity contribution in [2.45, 2.75) is 33.4 Å². The minimum atomic E-state index is -0.342. The Morgan fingerprint density at radius 2 is 2.05 bits per heavy atom. The standard InChI is InChI=1S/C13H13FN2O.C2H6/c1-9-8-12-13(17-7-6-16(12)15-9)10-4-2-3-5-11(10)14;1-2/h2-5,8,13H,6-7H2,1H3;1-2H3. The number of hydrogen-bond donors (Lipinski definition) is 0. The van der Waals surface area contributed by atoms with Gasteiger partial charge in [-0.2, -0.15) is 5.10 Å². The summed E-state index contributed by atoms with van der Waals surface area (Å²) in [7, 11) is 0. The summed E-state index contributed by atoms with van der Waals surface area (Å²) in [6.07, 6.45) is -0.342. The van der Waals surface area contributed by atoms with Gasteiger partial charge in [0.2, 0.25) is 0 Å². The zero-order chi connectivity index (χ0) is 13.8. The summed E-state index contributed by atoms with van der Waals surface area (Å²) in [6, 6.07) is 8.68. The van der Waals surface area contributed by atoms with Gasteiger partial charge in [0.25, 0.3) is 0 Å². The Morgan fingerprint density at radius 1 is 1.32 bits per heavy atom. The van der Waals surface area contributed by atoms with Crippen LogP contribution in [0, 0.1) is 12.7 Å². The van der Waals surface area contributed by atoms with Gasteiger partial charge in [0.05, 0.1) is 24.5 Å². The molecule has 2 heterocycles. The molecular formula is C15H19FN2O. The van der Waals surface area contributed by atoms with E-state index in [4.69, 9.17) is 4.74 Å². The molecule has 1 atom stereocenters. The monoisotopic (exact) mass is 262 g/mol. The lowest BCUT2D eigenvalue weighted by atomic mass is 10.0. The van der Waals surface area contributed by atoms with Gasteiger partial charge >= 0.3 is 0 Å². The van der Waals surface area contributed by atoms with Gasteiger partial charge < -0.3 is 4.74 Å². The van der Waals surface area contributed by atoms with E-state index in [0.717, 1.165) is 17.9 Å². The van der Waals surface area contributed by atoms with Crippen LogP contribution in [-0.2, 0) is 11.3 Å². The number of hydrogen-bond acceptors (Lipinski definition) is 2. The third-order valence-electron chi connectivity index (χ3n) is 2.98. The molecule has 0 N–H and O–H groups in total. The van der Waals surface area contributed by atoms with Crippen LogP contribution in [0.5, 0.6) is 0 Å². The predicted molar refractivity (Wildman–Crippen MR) is 72.5 cm³/mol. The van der Waals surface area contributed by atoms with Crippen LogP contribution >= 0.6 is 0 Å². The van der Waals surface area contributed by atoms with Crippen LogP contribution in [0.2, 0.25) is 0 Å². The highest BCUT2D eigenvalue weighted by molar-refractivity contribution is 5.29. The second-order valence-electron chi connectivity index (χ2n) is 4.21. The molecule has 0 spiro atoms. The average Bonchev–Trinajstić information content (AvgIpc) is 2.82. The van der Waals surface area contributed by atoms with E-state index >= 15 is 0 Å². The topological polar surface area (TPSA) is 27.1 Å². The molecule has 1 unspecified atom stereocenters. The second kappa shape index (κ2) is 5.97. The summed E-state index contributed by atoms with van der Waals surface area (Å²) in [6.45, 7) is 7.23. The van der Waals surface area contributed by atoms with E-state index in [9.17, 15) is 4.39 Å². The van der Waals surface area contributed by atoms with Crippen molar-refractivity contribution in [1.82, 2.24) is 9.78 Å². The lowest BCUT2D eigenvalue weighted by Crippen LogP contribution is -2.23. The number of fused-ring (bicyclic) bond motifs is 1. The van der Waals surface area contributed by atoms with E-state index in [2.05, 4.69) is 5.10 Å². The van der Waals surface area contributed by atoms with Crippen molar-refractivity contribution in [2.24, 2.45) is 0 Å². The quantitative estimate of drug-likeness (QED) is 0.786.